The summed E-state index contributed by atoms with van der Waals surface area (Å²) in [5.74, 6) is -0.698. The Kier molecular flexibility index (Phi) is 5.30. The standard InChI is InChI=1S/C19H18Cl2N2O2/c1-12-4-2-5-13(8-12)10-22-19(25)14-9-17(24)23(11-14)18-15(20)6-3-7-16(18)21/h2-8,14H,9-11H2,1H3,(H,22,25). The Labute approximate surface area is 156 Å². The molecule has 0 aromatic heterocycles. The van der Waals surface area contributed by atoms with Gasteiger partial charge in [0.1, 0.15) is 0 Å². The molecule has 1 saturated heterocycles. The van der Waals surface area contributed by atoms with Crippen LogP contribution >= 0.6 is 23.2 Å². The van der Waals surface area contributed by atoms with Crippen molar-refractivity contribution in [2.24, 2.45) is 5.92 Å². The highest BCUT2D eigenvalue weighted by Gasteiger charge is 2.36. The molecule has 0 radical (unpaired) electrons. The summed E-state index contributed by atoms with van der Waals surface area (Å²) in [6.45, 7) is 2.73. The number of halogens is 2. The number of nitrogens with one attached hydrogen (secondary N) is 1. The first kappa shape index (κ1) is 17.8. The number of para-hydroxylation sites is 1. The second kappa shape index (κ2) is 7.46. The van der Waals surface area contributed by atoms with Gasteiger partial charge in [-0.2, -0.15) is 0 Å². The average molecular weight is 377 g/mol. The average Bonchev–Trinajstić information content (AvgIpc) is 2.94. The van der Waals surface area contributed by atoms with E-state index in [1.807, 2.05) is 31.2 Å². The number of anilines is 1. The van der Waals surface area contributed by atoms with Gasteiger partial charge in [-0.15, -0.1) is 0 Å². The Morgan fingerprint density at radius 2 is 1.88 bits per heavy atom. The van der Waals surface area contributed by atoms with Gasteiger partial charge in [-0.3, -0.25) is 9.59 Å². The molecule has 3 rings (SSSR count). The molecule has 1 aliphatic heterocycles. The molecule has 2 aromatic rings. The largest absolute Gasteiger partial charge is 0.352 e. The van der Waals surface area contributed by atoms with Gasteiger partial charge < -0.3 is 10.2 Å². The second-order valence-corrected chi connectivity index (χ2v) is 7.00. The van der Waals surface area contributed by atoms with Crippen molar-refractivity contribution in [2.45, 2.75) is 19.9 Å². The first-order valence-corrected chi connectivity index (χ1v) is 8.79. The SMILES string of the molecule is Cc1cccc(CNC(=O)C2CC(=O)N(c3c(Cl)cccc3Cl)C2)c1. The predicted molar refractivity (Wildman–Crippen MR) is 99.9 cm³/mol. The van der Waals surface area contributed by atoms with Crippen molar-refractivity contribution in [3.63, 3.8) is 0 Å². The van der Waals surface area contributed by atoms with Crippen LogP contribution in [0.2, 0.25) is 10.0 Å². The molecule has 1 heterocycles. The molecule has 1 aliphatic rings. The molecule has 2 aromatic carbocycles. The lowest BCUT2D eigenvalue weighted by atomic mass is 10.1. The molecule has 1 N–H and O–H groups in total. The first-order chi connectivity index (χ1) is 12.0. The van der Waals surface area contributed by atoms with Crippen LogP contribution in [0.4, 0.5) is 5.69 Å². The number of carbonyl (C=O) groups is 2. The van der Waals surface area contributed by atoms with E-state index in [9.17, 15) is 9.59 Å². The summed E-state index contributed by atoms with van der Waals surface area (Å²) in [5, 5.41) is 3.71. The number of hydrogen-bond donors (Lipinski definition) is 1. The number of amides is 2. The molecule has 1 atom stereocenters. The fraction of sp³-hybridized carbons (Fsp3) is 0.263. The second-order valence-electron chi connectivity index (χ2n) is 6.18. The number of benzene rings is 2. The lowest BCUT2D eigenvalue weighted by Gasteiger charge is -2.19. The van der Waals surface area contributed by atoms with E-state index in [4.69, 9.17) is 23.2 Å². The van der Waals surface area contributed by atoms with Gasteiger partial charge in [-0.05, 0) is 24.6 Å². The fourth-order valence-corrected chi connectivity index (χ4v) is 3.60. The van der Waals surface area contributed by atoms with Crippen molar-refractivity contribution < 1.29 is 9.59 Å². The highest BCUT2D eigenvalue weighted by molar-refractivity contribution is 6.40. The summed E-state index contributed by atoms with van der Waals surface area (Å²) in [7, 11) is 0. The van der Waals surface area contributed by atoms with E-state index in [-0.39, 0.29) is 24.8 Å². The minimum Gasteiger partial charge on any atom is -0.352 e. The van der Waals surface area contributed by atoms with E-state index in [2.05, 4.69) is 5.32 Å². The van der Waals surface area contributed by atoms with Crippen LogP contribution in [0.5, 0.6) is 0 Å². The molecule has 1 fully saturated rings. The minimum absolute atomic E-state index is 0.138. The number of aryl methyl sites for hydroxylation is 1. The maximum Gasteiger partial charge on any atom is 0.227 e. The fourth-order valence-electron chi connectivity index (χ4n) is 3.00. The van der Waals surface area contributed by atoms with Crippen LogP contribution in [0, 0.1) is 12.8 Å². The molecule has 6 heteroatoms. The first-order valence-electron chi connectivity index (χ1n) is 8.03. The third kappa shape index (κ3) is 3.97. The van der Waals surface area contributed by atoms with Crippen molar-refractivity contribution in [2.75, 3.05) is 11.4 Å². The predicted octanol–water partition coefficient (Wildman–Crippen LogP) is 3.97. The molecule has 0 bridgehead atoms. The molecular formula is C19H18Cl2N2O2. The summed E-state index contributed by atoms with van der Waals surface area (Å²) < 4.78 is 0. The minimum atomic E-state index is -0.412. The van der Waals surface area contributed by atoms with Gasteiger partial charge in [0.05, 0.1) is 21.7 Å². The van der Waals surface area contributed by atoms with Crippen LogP contribution < -0.4 is 10.2 Å². The van der Waals surface area contributed by atoms with Gasteiger partial charge in [0.25, 0.3) is 0 Å². The number of nitrogens with zero attached hydrogens (tertiary/aromatic N) is 1. The number of carbonyl (C=O) groups excluding carboxylic acids is 2. The molecule has 0 saturated carbocycles. The van der Waals surface area contributed by atoms with E-state index in [1.54, 1.807) is 18.2 Å². The Balaban J connectivity index is 1.67. The zero-order valence-electron chi connectivity index (χ0n) is 13.8. The van der Waals surface area contributed by atoms with E-state index >= 15 is 0 Å². The molecular weight excluding hydrogens is 359 g/mol. The van der Waals surface area contributed by atoms with Gasteiger partial charge in [-0.1, -0.05) is 59.1 Å². The van der Waals surface area contributed by atoms with Crippen molar-refractivity contribution in [3.8, 4) is 0 Å². The summed E-state index contributed by atoms with van der Waals surface area (Å²) >= 11 is 12.4. The normalized spacial score (nSPS) is 17.0. The van der Waals surface area contributed by atoms with Crippen LogP contribution in [-0.2, 0) is 16.1 Å². The summed E-state index contributed by atoms with van der Waals surface area (Å²) in [6.07, 6.45) is 0.154. The van der Waals surface area contributed by atoms with Crippen LogP contribution in [0.1, 0.15) is 17.5 Å². The Hall–Kier alpha value is -2.04. The molecule has 0 spiro atoms. The topological polar surface area (TPSA) is 49.4 Å². The Bertz CT molecular complexity index is 803. The highest BCUT2D eigenvalue weighted by Crippen LogP contribution is 2.37. The van der Waals surface area contributed by atoms with Crippen molar-refractivity contribution >= 4 is 40.7 Å². The van der Waals surface area contributed by atoms with Crippen LogP contribution in [0.25, 0.3) is 0 Å². The zero-order valence-corrected chi connectivity index (χ0v) is 15.3. The zero-order chi connectivity index (χ0) is 18.0. The smallest absolute Gasteiger partial charge is 0.227 e. The number of hydrogen-bond acceptors (Lipinski definition) is 2. The lowest BCUT2D eigenvalue weighted by molar-refractivity contribution is -0.126. The maximum absolute atomic E-state index is 12.4. The molecule has 25 heavy (non-hydrogen) atoms. The maximum atomic E-state index is 12.4. The summed E-state index contributed by atoms with van der Waals surface area (Å²) in [6, 6.07) is 13.0. The van der Waals surface area contributed by atoms with E-state index in [1.165, 1.54) is 4.90 Å². The molecule has 1 unspecified atom stereocenters. The van der Waals surface area contributed by atoms with Crippen LogP contribution in [0.15, 0.2) is 42.5 Å². The van der Waals surface area contributed by atoms with E-state index in [0.717, 1.165) is 11.1 Å². The van der Waals surface area contributed by atoms with Gasteiger partial charge >= 0.3 is 0 Å². The summed E-state index contributed by atoms with van der Waals surface area (Å²) in [5.41, 5.74) is 2.65. The van der Waals surface area contributed by atoms with Crippen molar-refractivity contribution in [1.29, 1.82) is 0 Å². The Morgan fingerprint density at radius 1 is 1.20 bits per heavy atom. The van der Waals surface area contributed by atoms with Crippen LogP contribution in [-0.4, -0.2) is 18.4 Å². The van der Waals surface area contributed by atoms with Gasteiger partial charge in [-0.25, -0.2) is 0 Å². The Morgan fingerprint density at radius 3 is 2.56 bits per heavy atom. The molecule has 2 amide bonds. The summed E-state index contributed by atoms with van der Waals surface area (Å²) in [4.78, 5) is 26.3. The molecule has 4 nitrogen and oxygen atoms in total. The van der Waals surface area contributed by atoms with Gasteiger partial charge in [0.15, 0.2) is 0 Å². The third-order valence-electron chi connectivity index (χ3n) is 4.25. The van der Waals surface area contributed by atoms with E-state index < -0.39 is 5.92 Å². The van der Waals surface area contributed by atoms with Crippen molar-refractivity contribution in [3.05, 3.63) is 63.6 Å². The molecule has 0 aliphatic carbocycles. The van der Waals surface area contributed by atoms with Gasteiger partial charge in [0, 0.05) is 19.5 Å². The van der Waals surface area contributed by atoms with Gasteiger partial charge in [0.2, 0.25) is 11.8 Å². The van der Waals surface area contributed by atoms with Crippen LogP contribution in [0.3, 0.4) is 0 Å². The lowest BCUT2D eigenvalue weighted by Crippen LogP contribution is -2.32. The highest BCUT2D eigenvalue weighted by atomic mass is 35.5. The molecule has 130 valence electrons. The quantitative estimate of drug-likeness (QED) is 0.877. The monoisotopic (exact) mass is 376 g/mol. The third-order valence-corrected chi connectivity index (χ3v) is 4.86. The van der Waals surface area contributed by atoms with E-state index in [0.29, 0.717) is 22.3 Å². The number of rotatable bonds is 4. The van der Waals surface area contributed by atoms with Crippen molar-refractivity contribution in [1.82, 2.24) is 5.32 Å².